The second-order valence-corrected chi connectivity index (χ2v) is 7.22. The van der Waals surface area contributed by atoms with E-state index in [0.29, 0.717) is 11.1 Å². The Labute approximate surface area is 187 Å². The SMILES string of the molecule is O=C(O)c1ccccc1.O=[N+]([O-])c1ccc([C@]2(Cn3ccnc3)OC[C@@H](CO)O2)c(Cl)c1. The Bertz CT molecular complexity index is 1060. The molecule has 1 saturated heterocycles. The van der Waals surface area contributed by atoms with E-state index in [1.54, 1.807) is 53.6 Å². The first-order valence-corrected chi connectivity index (χ1v) is 9.83. The Morgan fingerprint density at radius 2 is 2.06 bits per heavy atom. The van der Waals surface area contributed by atoms with Crippen LogP contribution in [0.4, 0.5) is 5.69 Å². The van der Waals surface area contributed by atoms with Crippen LogP contribution in [0.3, 0.4) is 0 Å². The molecular weight excluding hydrogens is 442 g/mol. The summed E-state index contributed by atoms with van der Waals surface area (Å²) in [5.41, 5.74) is 0.681. The van der Waals surface area contributed by atoms with E-state index in [0.717, 1.165) is 0 Å². The number of imidazole rings is 1. The third kappa shape index (κ3) is 5.48. The first kappa shape index (κ1) is 23.4. The quantitative estimate of drug-likeness (QED) is 0.422. The van der Waals surface area contributed by atoms with Gasteiger partial charge < -0.3 is 24.3 Å². The van der Waals surface area contributed by atoms with Crippen LogP contribution in [-0.4, -0.2) is 50.0 Å². The lowest BCUT2D eigenvalue weighted by atomic mass is 10.0. The van der Waals surface area contributed by atoms with Crippen LogP contribution in [0.25, 0.3) is 0 Å². The Morgan fingerprint density at radius 3 is 2.56 bits per heavy atom. The number of halogens is 1. The molecule has 0 bridgehead atoms. The molecule has 2 N–H and O–H groups in total. The van der Waals surface area contributed by atoms with E-state index < -0.39 is 22.8 Å². The number of carboxylic acid groups (broad SMARTS) is 1. The summed E-state index contributed by atoms with van der Waals surface area (Å²) in [6, 6.07) is 12.4. The van der Waals surface area contributed by atoms with Gasteiger partial charge in [0, 0.05) is 30.1 Å². The number of nitro groups is 1. The van der Waals surface area contributed by atoms with Crippen LogP contribution < -0.4 is 0 Å². The van der Waals surface area contributed by atoms with E-state index in [1.807, 2.05) is 0 Å². The molecule has 11 heteroatoms. The number of carbonyl (C=O) groups is 1. The van der Waals surface area contributed by atoms with Gasteiger partial charge in [-0.05, 0) is 18.2 Å². The molecule has 3 aromatic rings. The standard InChI is InChI=1S/C14H14ClN3O5.C7H6O2/c15-13-5-10(18(20)21)1-2-12(13)14(8-17-4-3-16-9-17)22-7-11(6-19)23-14;8-7(9)6-4-2-1-3-5-6/h1-5,9,11,19H,6-8H2;1-5H,(H,8,9)/t11-,14-;/m1./s1. The maximum absolute atomic E-state index is 10.9. The first-order valence-electron chi connectivity index (χ1n) is 9.46. The van der Waals surface area contributed by atoms with Crippen molar-refractivity contribution in [3.63, 3.8) is 0 Å². The van der Waals surface area contributed by atoms with Gasteiger partial charge in [-0.25, -0.2) is 9.78 Å². The van der Waals surface area contributed by atoms with Crippen LogP contribution in [0.5, 0.6) is 0 Å². The number of aliphatic hydroxyl groups excluding tert-OH is 1. The fourth-order valence-electron chi connectivity index (χ4n) is 3.09. The fourth-order valence-corrected chi connectivity index (χ4v) is 3.41. The van der Waals surface area contributed by atoms with Gasteiger partial charge in [-0.1, -0.05) is 29.8 Å². The number of rotatable bonds is 6. The minimum atomic E-state index is -1.24. The third-order valence-corrected chi connectivity index (χ3v) is 4.92. The van der Waals surface area contributed by atoms with Gasteiger partial charge in [0.1, 0.15) is 6.10 Å². The summed E-state index contributed by atoms with van der Waals surface area (Å²) >= 11 is 6.22. The van der Waals surface area contributed by atoms with Crippen molar-refractivity contribution in [1.82, 2.24) is 9.55 Å². The van der Waals surface area contributed by atoms with Crippen LogP contribution in [-0.2, 0) is 21.8 Å². The van der Waals surface area contributed by atoms with Gasteiger partial charge in [0.15, 0.2) is 0 Å². The number of nitrogens with zero attached hydrogens (tertiary/aromatic N) is 3. The minimum absolute atomic E-state index is 0.117. The molecule has 2 heterocycles. The van der Waals surface area contributed by atoms with Gasteiger partial charge in [0.25, 0.3) is 5.69 Å². The fraction of sp³-hybridized carbons (Fsp3) is 0.238. The number of aromatic carboxylic acids is 1. The van der Waals surface area contributed by atoms with Gasteiger partial charge in [0.2, 0.25) is 5.79 Å². The topological polar surface area (TPSA) is 137 Å². The number of hydrogen-bond acceptors (Lipinski definition) is 7. The molecule has 2 aromatic carbocycles. The predicted molar refractivity (Wildman–Crippen MR) is 113 cm³/mol. The molecule has 1 aromatic heterocycles. The van der Waals surface area contributed by atoms with Crippen molar-refractivity contribution < 1.29 is 29.4 Å². The second-order valence-electron chi connectivity index (χ2n) is 6.81. The lowest BCUT2D eigenvalue weighted by Crippen LogP contribution is -2.34. The third-order valence-electron chi connectivity index (χ3n) is 4.61. The summed E-state index contributed by atoms with van der Waals surface area (Å²) < 4.78 is 13.4. The lowest BCUT2D eigenvalue weighted by molar-refractivity contribution is -0.384. The molecule has 0 saturated carbocycles. The molecule has 1 aliphatic heterocycles. The number of benzene rings is 2. The van der Waals surface area contributed by atoms with E-state index in [9.17, 15) is 20.0 Å². The Kier molecular flexibility index (Phi) is 7.54. The first-order chi connectivity index (χ1) is 15.3. The summed E-state index contributed by atoms with van der Waals surface area (Å²) in [4.78, 5) is 24.5. The molecule has 10 nitrogen and oxygen atoms in total. The molecule has 32 heavy (non-hydrogen) atoms. The number of aliphatic hydroxyl groups is 1. The lowest BCUT2D eigenvalue weighted by Gasteiger charge is -2.29. The van der Waals surface area contributed by atoms with E-state index in [1.165, 1.54) is 18.2 Å². The van der Waals surface area contributed by atoms with E-state index in [2.05, 4.69) is 4.98 Å². The zero-order valence-corrected chi connectivity index (χ0v) is 17.5. The van der Waals surface area contributed by atoms with E-state index in [-0.39, 0.29) is 30.5 Å². The molecule has 168 valence electrons. The molecule has 0 unspecified atom stereocenters. The average Bonchev–Trinajstić information content (AvgIpc) is 3.45. The Morgan fingerprint density at radius 1 is 1.31 bits per heavy atom. The van der Waals surface area contributed by atoms with Crippen LogP contribution in [0.2, 0.25) is 5.02 Å². The molecule has 0 radical (unpaired) electrons. The van der Waals surface area contributed by atoms with Crippen molar-refractivity contribution in [2.75, 3.05) is 13.2 Å². The number of hydrogen-bond donors (Lipinski definition) is 2. The summed E-state index contributed by atoms with van der Waals surface area (Å²) in [7, 11) is 0. The van der Waals surface area contributed by atoms with Crippen LogP contribution >= 0.6 is 11.6 Å². The van der Waals surface area contributed by atoms with E-state index >= 15 is 0 Å². The number of aromatic nitrogens is 2. The summed E-state index contributed by atoms with van der Waals surface area (Å²) in [5.74, 6) is -2.11. The van der Waals surface area contributed by atoms with Gasteiger partial charge in [-0.15, -0.1) is 0 Å². The monoisotopic (exact) mass is 461 g/mol. The van der Waals surface area contributed by atoms with Crippen molar-refractivity contribution in [1.29, 1.82) is 0 Å². The molecule has 0 spiro atoms. The Hall–Kier alpha value is -3.31. The summed E-state index contributed by atoms with van der Waals surface area (Å²) in [5, 5.41) is 28.7. The molecule has 0 amide bonds. The summed E-state index contributed by atoms with van der Waals surface area (Å²) in [6.45, 7) is 0.246. The maximum Gasteiger partial charge on any atom is 0.335 e. The van der Waals surface area contributed by atoms with Gasteiger partial charge in [-0.3, -0.25) is 10.1 Å². The van der Waals surface area contributed by atoms with Gasteiger partial charge in [0.05, 0.1) is 41.6 Å². The highest BCUT2D eigenvalue weighted by molar-refractivity contribution is 6.31. The highest BCUT2D eigenvalue weighted by Crippen LogP contribution is 2.40. The average molecular weight is 462 g/mol. The molecule has 0 aliphatic carbocycles. The van der Waals surface area contributed by atoms with Crippen molar-refractivity contribution in [3.8, 4) is 0 Å². The van der Waals surface area contributed by atoms with Crippen LogP contribution in [0, 0.1) is 10.1 Å². The molecular formula is C21H20ClN3O7. The highest BCUT2D eigenvalue weighted by Gasteiger charge is 2.45. The van der Waals surface area contributed by atoms with Crippen molar-refractivity contribution in [2.45, 2.75) is 18.4 Å². The number of carboxylic acids is 1. The smallest absolute Gasteiger partial charge is 0.335 e. The van der Waals surface area contributed by atoms with Crippen molar-refractivity contribution in [3.05, 3.63) is 93.5 Å². The number of ether oxygens (including phenoxy) is 2. The van der Waals surface area contributed by atoms with Crippen molar-refractivity contribution >= 4 is 23.3 Å². The summed E-state index contributed by atoms with van der Waals surface area (Å²) in [6.07, 6.45) is 4.45. The van der Waals surface area contributed by atoms with Crippen molar-refractivity contribution in [2.24, 2.45) is 0 Å². The largest absolute Gasteiger partial charge is 0.478 e. The molecule has 2 atom stereocenters. The van der Waals surface area contributed by atoms with Gasteiger partial charge >= 0.3 is 5.97 Å². The van der Waals surface area contributed by atoms with Crippen LogP contribution in [0.1, 0.15) is 15.9 Å². The molecule has 1 fully saturated rings. The maximum atomic E-state index is 10.9. The molecule has 1 aliphatic rings. The second kappa shape index (κ2) is 10.3. The Balaban J connectivity index is 0.000000269. The minimum Gasteiger partial charge on any atom is -0.478 e. The van der Waals surface area contributed by atoms with E-state index in [4.69, 9.17) is 26.2 Å². The van der Waals surface area contributed by atoms with Gasteiger partial charge in [-0.2, -0.15) is 0 Å². The normalized spacial score (nSPS) is 19.8. The highest BCUT2D eigenvalue weighted by atomic mass is 35.5. The van der Waals surface area contributed by atoms with Crippen LogP contribution in [0.15, 0.2) is 67.3 Å². The molecule has 4 rings (SSSR count). The number of non-ortho nitro benzene ring substituents is 1. The zero-order chi connectivity index (χ0) is 23.1. The number of nitro benzene ring substituents is 1. The predicted octanol–water partition coefficient (Wildman–Crippen LogP) is 3.09. The zero-order valence-electron chi connectivity index (χ0n) is 16.7.